The number of piperazine rings is 1. The molecule has 1 fully saturated rings. The van der Waals surface area contributed by atoms with E-state index >= 15 is 0 Å². The normalized spacial score (nSPS) is 14.4. The van der Waals surface area contributed by atoms with Crippen LogP contribution in [0.2, 0.25) is 0 Å². The number of carbonyl (C=O) groups excluding carboxylic acids is 1. The number of aryl methyl sites for hydroxylation is 1. The van der Waals surface area contributed by atoms with Crippen LogP contribution in [0.1, 0.15) is 22.2 Å². The van der Waals surface area contributed by atoms with Gasteiger partial charge in [-0.1, -0.05) is 25.1 Å². The van der Waals surface area contributed by atoms with Crippen molar-refractivity contribution in [1.82, 2.24) is 14.9 Å². The zero-order valence-electron chi connectivity index (χ0n) is 19.3. The molecular weight excluding hydrogens is 446 g/mol. The van der Waals surface area contributed by atoms with Crippen LogP contribution < -0.4 is 15.0 Å². The summed E-state index contributed by atoms with van der Waals surface area (Å²) in [6.45, 7) is 9.12. The maximum absolute atomic E-state index is 13.1. The topological polar surface area (TPSA) is 70.6 Å². The number of thiophene rings is 1. The van der Waals surface area contributed by atoms with Crippen LogP contribution in [0, 0.1) is 6.92 Å². The molecule has 0 radical (unpaired) electrons. The van der Waals surface area contributed by atoms with Gasteiger partial charge in [-0.05, 0) is 55.4 Å². The maximum atomic E-state index is 13.1. The van der Waals surface area contributed by atoms with Crippen molar-refractivity contribution < 1.29 is 9.53 Å². The van der Waals surface area contributed by atoms with Gasteiger partial charge >= 0.3 is 0 Å². The Morgan fingerprint density at radius 1 is 1.00 bits per heavy atom. The number of ether oxygens (including phenoxy) is 1. The number of benzene rings is 2. The highest BCUT2D eigenvalue weighted by atomic mass is 32.1. The van der Waals surface area contributed by atoms with Crippen molar-refractivity contribution in [2.75, 3.05) is 42.9 Å². The molecule has 0 bridgehead atoms. The fourth-order valence-electron chi connectivity index (χ4n) is 4.20. The van der Waals surface area contributed by atoms with Gasteiger partial charge in [-0.3, -0.25) is 4.79 Å². The summed E-state index contributed by atoms with van der Waals surface area (Å²) in [4.78, 5) is 28.5. The van der Waals surface area contributed by atoms with Crippen LogP contribution in [0.25, 0.3) is 10.2 Å². The van der Waals surface area contributed by atoms with E-state index in [9.17, 15) is 4.79 Å². The minimum atomic E-state index is -0.140. The highest BCUT2D eigenvalue weighted by Gasteiger charge is 2.24. The molecular formula is C26H27N5O2S. The lowest BCUT2D eigenvalue weighted by atomic mass is 10.1. The lowest BCUT2D eigenvalue weighted by Gasteiger charge is -2.35. The molecule has 8 heteroatoms. The summed E-state index contributed by atoms with van der Waals surface area (Å²) in [6.07, 6.45) is 1.60. The number of anilines is 2. The summed E-state index contributed by atoms with van der Waals surface area (Å²) >= 11 is 1.41. The molecule has 2 aromatic heterocycles. The Balaban J connectivity index is 1.33. The van der Waals surface area contributed by atoms with Gasteiger partial charge in [0.25, 0.3) is 5.91 Å². The Bertz CT molecular complexity index is 1280. The molecule has 0 aliphatic carbocycles. The van der Waals surface area contributed by atoms with E-state index in [1.165, 1.54) is 11.3 Å². The summed E-state index contributed by atoms with van der Waals surface area (Å²) in [7, 11) is 0. The Hall–Kier alpha value is -3.49. The Morgan fingerprint density at radius 3 is 2.41 bits per heavy atom. The number of aromatic nitrogens is 2. The zero-order chi connectivity index (χ0) is 23.5. The van der Waals surface area contributed by atoms with Crippen molar-refractivity contribution >= 4 is 39.0 Å². The number of rotatable bonds is 6. The highest BCUT2D eigenvalue weighted by molar-refractivity contribution is 7.20. The number of nitrogens with zero attached hydrogens (tertiary/aromatic N) is 4. The molecule has 2 aromatic carbocycles. The van der Waals surface area contributed by atoms with Crippen molar-refractivity contribution in [2.24, 2.45) is 0 Å². The van der Waals surface area contributed by atoms with E-state index in [0.717, 1.165) is 60.1 Å². The molecule has 1 saturated heterocycles. The van der Waals surface area contributed by atoms with Crippen LogP contribution in [0.4, 0.5) is 11.5 Å². The number of amides is 1. The van der Waals surface area contributed by atoms with Gasteiger partial charge in [-0.2, -0.15) is 0 Å². The van der Waals surface area contributed by atoms with E-state index in [1.54, 1.807) is 6.33 Å². The van der Waals surface area contributed by atoms with Crippen LogP contribution in [-0.4, -0.2) is 53.5 Å². The fraction of sp³-hybridized carbons (Fsp3) is 0.269. The number of hydrogen-bond donors (Lipinski definition) is 1. The predicted octanol–water partition coefficient (Wildman–Crippen LogP) is 5.19. The Kier molecular flexibility index (Phi) is 6.42. The first-order valence-electron chi connectivity index (χ1n) is 11.5. The Morgan fingerprint density at radius 2 is 1.71 bits per heavy atom. The van der Waals surface area contributed by atoms with Gasteiger partial charge in [0, 0.05) is 31.9 Å². The summed E-state index contributed by atoms with van der Waals surface area (Å²) in [6, 6.07) is 17.0. The van der Waals surface area contributed by atoms with Crippen LogP contribution in [-0.2, 0) is 0 Å². The molecule has 5 rings (SSSR count). The summed E-state index contributed by atoms with van der Waals surface area (Å²) in [5, 5.41) is 3.99. The van der Waals surface area contributed by atoms with Gasteiger partial charge in [-0.15, -0.1) is 11.3 Å². The zero-order valence-corrected chi connectivity index (χ0v) is 20.1. The summed E-state index contributed by atoms with van der Waals surface area (Å²) in [5.41, 5.74) is 1.64. The molecule has 0 saturated carbocycles. The lowest BCUT2D eigenvalue weighted by Crippen LogP contribution is -2.46. The summed E-state index contributed by atoms with van der Waals surface area (Å²) in [5.74, 6) is 2.27. The average Bonchev–Trinajstić information content (AvgIpc) is 3.23. The van der Waals surface area contributed by atoms with Crippen molar-refractivity contribution in [3.05, 3.63) is 71.4 Å². The van der Waals surface area contributed by atoms with Crippen LogP contribution in [0.3, 0.4) is 0 Å². The second-order valence-corrected chi connectivity index (χ2v) is 9.25. The second-order valence-electron chi connectivity index (χ2n) is 8.25. The molecule has 174 valence electrons. The first-order chi connectivity index (χ1) is 16.6. The number of fused-ring (bicyclic) bond motifs is 1. The smallest absolute Gasteiger partial charge is 0.266 e. The third-order valence-electron chi connectivity index (χ3n) is 6.12. The molecule has 34 heavy (non-hydrogen) atoms. The number of carbonyl (C=O) groups is 1. The predicted molar refractivity (Wildman–Crippen MR) is 137 cm³/mol. The molecule has 1 aliphatic rings. The first kappa shape index (κ1) is 22.3. The van der Waals surface area contributed by atoms with Crippen LogP contribution in [0.15, 0.2) is 60.9 Å². The van der Waals surface area contributed by atoms with E-state index in [1.807, 2.05) is 61.5 Å². The fourth-order valence-corrected chi connectivity index (χ4v) is 5.24. The third kappa shape index (κ3) is 4.60. The van der Waals surface area contributed by atoms with Crippen molar-refractivity contribution in [1.29, 1.82) is 0 Å². The van der Waals surface area contributed by atoms with Crippen molar-refractivity contribution in [3.63, 3.8) is 0 Å². The monoisotopic (exact) mass is 473 g/mol. The molecule has 0 atom stereocenters. The lowest BCUT2D eigenvalue weighted by molar-refractivity contribution is 0.103. The molecule has 0 spiro atoms. The average molecular weight is 474 g/mol. The maximum Gasteiger partial charge on any atom is 0.266 e. The minimum absolute atomic E-state index is 0.140. The molecule has 0 unspecified atom stereocenters. The van der Waals surface area contributed by atoms with Gasteiger partial charge in [0.15, 0.2) is 0 Å². The van der Waals surface area contributed by atoms with Crippen LogP contribution in [0.5, 0.6) is 11.5 Å². The largest absolute Gasteiger partial charge is 0.457 e. The second kappa shape index (κ2) is 9.79. The van der Waals surface area contributed by atoms with E-state index in [0.29, 0.717) is 16.3 Å². The number of likely N-dealkylation sites (N-methyl/N-ethyl adjacent to an activating group) is 1. The van der Waals surface area contributed by atoms with Crippen molar-refractivity contribution in [3.8, 4) is 11.5 Å². The standard InChI is InChI=1S/C26H27N5O2S/c1-3-30-13-15-31(16-14-30)24-22-18(2)23(34-26(22)28-17-27-24)25(32)29-19-9-11-21(12-10-19)33-20-7-5-4-6-8-20/h4-12,17H,3,13-16H2,1-2H3,(H,29,32). The first-order valence-corrected chi connectivity index (χ1v) is 12.3. The van der Waals surface area contributed by atoms with Gasteiger partial charge in [-0.25, -0.2) is 9.97 Å². The summed E-state index contributed by atoms with van der Waals surface area (Å²) < 4.78 is 5.83. The highest BCUT2D eigenvalue weighted by Crippen LogP contribution is 2.35. The van der Waals surface area contributed by atoms with E-state index in [2.05, 4.69) is 32.0 Å². The Labute approximate surface area is 203 Å². The molecule has 4 aromatic rings. The molecule has 7 nitrogen and oxygen atoms in total. The van der Waals surface area contributed by atoms with E-state index < -0.39 is 0 Å². The van der Waals surface area contributed by atoms with Gasteiger partial charge < -0.3 is 19.9 Å². The molecule has 3 heterocycles. The minimum Gasteiger partial charge on any atom is -0.457 e. The quantitative estimate of drug-likeness (QED) is 0.416. The van der Waals surface area contributed by atoms with Gasteiger partial charge in [0.2, 0.25) is 0 Å². The molecule has 1 aliphatic heterocycles. The van der Waals surface area contributed by atoms with E-state index in [-0.39, 0.29) is 5.91 Å². The number of nitrogens with one attached hydrogen (secondary N) is 1. The van der Waals surface area contributed by atoms with Crippen LogP contribution >= 0.6 is 11.3 Å². The molecule has 1 N–H and O–H groups in total. The van der Waals surface area contributed by atoms with Gasteiger partial charge in [0.05, 0.1) is 10.3 Å². The molecule has 1 amide bonds. The third-order valence-corrected chi connectivity index (χ3v) is 7.32. The number of para-hydroxylation sites is 1. The number of hydrogen-bond acceptors (Lipinski definition) is 7. The van der Waals surface area contributed by atoms with E-state index in [4.69, 9.17) is 4.74 Å². The van der Waals surface area contributed by atoms with Crippen molar-refractivity contribution in [2.45, 2.75) is 13.8 Å². The SMILES string of the molecule is CCN1CCN(c2ncnc3sc(C(=O)Nc4ccc(Oc5ccccc5)cc4)c(C)c23)CC1. The van der Waals surface area contributed by atoms with Gasteiger partial charge in [0.1, 0.15) is 28.5 Å².